The molecular weight excluding hydrogens is 274 g/mol. The second-order valence-electron chi connectivity index (χ2n) is 5.44. The van der Waals surface area contributed by atoms with E-state index in [4.69, 9.17) is 4.74 Å². The SMILES string of the molecule is COC1CC(C(=O)O)N(C(=O)Cc2c(C)nn(C)c2C)C1. The third-order valence-corrected chi connectivity index (χ3v) is 4.19. The van der Waals surface area contributed by atoms with E-state index < -0.39 is 12.0 Å². The Balaban J connectivity index is 2.17. The topological polar surface area (TPSA) is 84.7 Å². The molecule has 0 aromatic carbocycles. The fourth-order valence-corrected chi connectivity index (χ4v) is 2.80. The molecule has 0 spiro atoms. The van der Waals surface area contributed by atoms with Crippen LogP contribution in [0.1, 0.15) is 23.4 Å². The van der Waals surface area contributed by atoms with Gasteiger partial charge in [0.2, 0.25) is 5.91 Å². The molecule has 2 unspecified atom stereocenters. The van der Waals surface area contributed by atoms with Crippen LogP contribution >= 0.6 is 0 Å². The van der Waals surface area contributed by atoms with Crippen LogP contribution in [0.2, 0.25) is 0 Å². The molecule has 1 aliphatic rings. The molecule has 1 amide bonds. The van der Waals surface area contributed by atoms with Crippen LogP contribution < -0.4 is 0 Å². The van der Waals surface area contributed by atoms with Gasteiger partial charge < -0.3 is 14.7 Å². The lowest BCUT2D eigenvalue weighted by molar-refractivity contribution is -0.148. The van der Waals surface area contributed by atoms with Gasteiger partial charge in [-0.25, -0.2) is 4.79 Å². The first-order valence-electron chi connectivity index (χ1n) is 6.89. The lowest BCUT2D eigenvalue weighted by atomic mass is 10.1. The normalized spacial score (nSPS) is 21.8. The van der Waals surface area contributed by atoms with Gasteiger partial charge in [0, 0.05) is 38.4 Å². The number of likely N-dealkylation sites (tertiary alicyclic amines) is 1. The molecule has 7 nitrogen and oxygen atoms in total. The molecule has 1 aromatic heterocycles. The van der Waals surface area contributed by atoms with Crippen molar-refractivity contribution in [1.82, 2.24) is 14.7 Å². The average molecular weight is 295 g/mol. The van der Waals surface area contributed by atoms with E-state index in [-0.39, 0.29) is 18.4 Å². The fourth-order valence-electron chi connectivity index (χ4n) is 2.80. The highest BCUT2D eigenvalue weighted by Gasteiger charge is 2.39. The number of nitrogens with zero attached hydrogens (tertiary/aromatic N) is 3. The van der Waals surface area contributed by atoms with Crippen molar-refractivity contribution in [2.75, 3.05) is 13.7 Å². The van der Waals surface area contributed by atoms with Crippen LogP contribution in [0.4, 0.5) is 0 Å². The number of hydrogen-bond acceptors (Lipinski definition) is 4. The van der Waals surface area contributed by atoms with E-state index in [0.717, 1.165) is 17.0 Å². The number of aliphatic carboxylic acids is 1. The molecule has 0 radical (unpaired) electrons. The molecule has 1 aliphatic heterocycles. The van der Waals surface area contributed by atoms with Gasteiger partial charge in [-0.3, -0.25) is 9.48 Å². The summed E-state index contributed by atoms with van der Waals surface area (Å²) < 4.78 is 6.93. The average Bonchev–Trinajstić information content (AvgIpc) is 2.96. The van der Waals surface area contributed by atoms with E-state index in [1.807, 2.05) is 20.9 Å². The Bertz CT molecular complexity index is 567. The van der Waals surface area contributed by atoms with Gasteiger partial charge in [-0.15, -0.1) is 0 Å². The Hall–Kier alpha value is -1.89. The molecule has 1 fully saturated rings. The van der Waals surface area contributed by atoms with E-state index in [9.17, 15) is 14.7 Å². The Morgan fingerprint density at radius 1 is 1.43 bits per heavy atom. The van der Waals surface area contributed by atoms with Crippen molar-refractivity contribution < 1.29 is 19.4 Å². The van der Waals surface area contributed by atoms with E-state index >= 15 is 0 Å². The zero-order valence-corrected chi connectivity index (χ0v) is 12.8. The lowest BCUT2D eigenvalue weighted by Gasteiger charge is -2.21. The molecule has 1 aromatic rings. The van der Waals surface area contributed by atoms with Gasteiger partial charge in [0.15, 0.2) is 0 Å². The van der Waals surface area contributed by atoms with Crippen molar-refractivity contribution in [2.24, 2.45) is 7.05 Å². The molecule has 0 aliphatic carbocycles. The molecule has 116 valence electrons. The van der Waals surface area contributed by atoms with Crippen molar-refractivity contribution in [3.05, 3.63) is 17.0 Å². The number of carboxylic acid groups (broad SMARTS) is 1. The minimum atomic E-state index is -0.984. The highest BCUT2D eigenvalue weighted by molar-refractivity contribution is 5.86. The summed E-state index contributed by atoms with van der Waals surface area (Å²) in [5.41, 5.74) is 2.60. The predicted molar refractivity (Wildman–Crippen MR) is 74.9 cm³/mol. The second-order valence-corrected chi connectivity index (χ2v) is 5.44. The van der Waals surface area contributed by atoms with Crippen molar-refractivity contribution >= 4 is 11.9 Å². The molecule has 2 heterocycles. The van der Waals surface area contributed by atoms with Gasteiger partial charge >= 0.3 is 5.97 Å². The van der Waals surface area contributed by atoms with Gasteiger partial charge in [-0.2, -0.15) is 5.10 Å². The first-order chi connectivity index (χ1) is 9.85. The van der Waals surface area contributed by atoms with E-state index in [0.29, 0.717) is 13.0 Å². The van der Waals surface area contributed by atoms with Gasteiger partial charge in [-0.1, -0.05) is 0 Å². The number of rotatable bonds is 4. The molecule has 1 N–H and O–H groups in total. The first kappa shape index (κ1) is 15.5. The summed E-state index contributed by atoms with van der Waals surface area (Å²) in [6.07, 6.45) is 0.292. The largest absolute Gasteiger partial charge is 0.480 e. The van der Waals surface area contributed by atoms with Gasteiger partial charge in [0.05, 0.1) is 18.2 Å². The summed E-state index contributed by atoms with van der Waals surface area (Å²) in [5.74, 6) is -1.18. The molecule has 0 saturated carbocycles. The third kappa shape index (κ3) is 2.92. The van der Waals surface area contributed by atoms with Crippen LogP contribution in [0.3, 0.4) is 0 Å². The summed E-state index contributed by atoms with van der Waals surface area (Å²) >= 11 is 0. The number of aromatic nitrogens is 2. The minimum Gasteiger partial charge on any atom is -0.480 e. The lowest BCUT2D eigenvalue weighted by Crippen LogP contribution is -2.41. The summed E-state index contributed by atoms with van der Waals surface area (Å²) in [7, 11) is 3.36. The van der Waals surface area contributed by atoms with E-state index in [2.05, 4.69) is 5.10 Å². The number of carboxylic acids is 1. The van der Waals surface area contributed by atoms with Crippen molar-refractivity contribution in [1.29, 1.82) is 0 Å². The quantitative estimate of drug-likeness (QED) is 0.862. The zero-order valence-electron chi connectivity index (χ0n) is 12.8. The van der Waals surface area contributed by atoms with Crippen LogP contribution in [0.25, 0.3) is 0 Å². The maximum atomic E-state index is 12.5. The number of aryl methyl sites for hydroxylation is 2. The monoisotopic (exact) mass is 295 g/mol. The maximum absolute atomic E-state index is 12.5. The molecular formula is C14H21N3O4. The highest BCUT2D eigenvalue weighted by Crippen LogP contribution is 2.22. The van der Waals surface area contributed by atoms with Crippen molar-refractivity contribution in [3.8, 4) is 0 Å². The highest BCUT2D eigenvalue weighted by atomic mass is 16.5. The smallest absolute Gasteiger partial charge is 0.326 e. The van der Waals surface area contributed by atoms with Crippen molar-refractivity contribution in [3.63, 3.8) is 0 Å². The number of methoxy groups -OCH3 is 1. The van der Waals surface area contributed by atoms with E-state index in [1.54, 1.807) is 4.68 Å². The minimum absolute atomic E-state index is 0.172. The predicted octanol–water partition coefficient (Wildman–Crippen LogP) is 0.280. The Labute approximate surface area is 123 Å². The molecule has 7 heteroatoms. The third-order valence-electron chi connectivity index (χ3n) is 4.19. The number of ether oxygens (including phenoxy) is 1. The first-order valence-corrected chi connectivity index (χ1v) is 6.89. The zero-order chi connectivity index (χ0) is 15.7. The number of amides is 1. The summed E-state index contributed by atoms with van der Waals surface area (Å²) in [4.78, 5) is 25.2. The maximum Gasteiger partial charge on any atom is 0.326 e. The molecule has 0 bridgehead atoms. The Morgan fingerprint density at radius 3 is 2.57 bits per heavy atom. The summed E-state index contributed by atoms with van der Waals surface area (Å²) in [6.45, 7) is 4.08. The fraction of sp³-hybridized carbons (Fsp3) is 0.643. The van der Waals surface area contributed by atoms with E-state index in [1.165, 1.54) is 12.0 Å². The van der Waals surface area contributed by atoms with Crippen molar-refractivity contribution in [2.45, 2.75) is 38.8 Å². The second kappa shape index (κ2) is 5.85. The van der Waals surface area contributed by atoms with Gasteiger partial charge in [0.25, 0.3) is 0 Å². The van der Waals surface area contributed by atoms with Crippen LogP contribution in [0.5, 0.6) is 0 Å². The Kier molecular flexibility index (Phi) is 4.32. The summed E-state index contributed by atoms with van der Waals surface area (Å²) in [6, 6.07) is -0.806. The van der Waals surface area contributed by atoms with Gasteiger partial charge in [-0.05, 0) is 13.8 Å². The molecule has 2 rings (SSSR count). The number of hydrogen-bond donors (Lipinski definition) is 1. The molecule has 1 saturated heterocycles. The molecule has 2 atom stereocenters. The number of carbonyl (C=O) groups is 2. The molecule has 21 heavy (non-hydrogen) atoms. The van der Waals surface area contributed by atoms with Crippen LogP contribution in [0, 0.1) is 13.8 Å². The van der Waals surface area contributed by atoms with Crippen LogP contribution in [-0.2, 0) is 27.8 Å². The summed E-state index contributed by atoms with van der Waals surface area (Å²) in [5, 5.41) is 13.5. The standard InChI is InChI=1S/C14H21N3O4/c1-8-11(9(2)16(3)15-8)6-13(18)17-7-10(21-4)5-12(17)14(19)20/h10,12H,5-7H2,1-4H3,(H,19,20). The Morgan fingerprint density at radius 2 is 2.10 bits per heavy atom. The van der Waals surface area contributed by atoms with Gasteiger partial charge in [0.1, 0.15) is 6.04 Å². The number of carbonyl (C=O) groups excluding carboxylic acids is 1. The van der Waals surface area contributed by atoms with Crippen LogP contribution in [-0.4, -0.2) is 57.5 Å². The van der Waals surface area contributed by atoms with Crippen LogP contribution in [0.15, 0.2) is 0 Å².